The second-order valence-electron chi connectivity index (χ2n) is 8.47. The minimum atomic E-state index is -1.16. The number of carbonyl (C=O) groups excluding carboxylic acids is 3. The van der Waals surface area contributed by atoms with Crippen LogP contribution in [0.15, 0.2) is 30.3 Å². The van der Waals surface area contributed by atoms with Crippen LogP contribution < -0.4 is 10.6 Å². The molecular formula is C22H36N2O5S. The first-order valence-electron chi connectivity index (χ1n) is 9.88. The molecule has 7 nitrogen and oxygen atoms in total. The van der Waals surface area contributed by atoms with E-state index in [-0.39, 0.29) is 24.5 Å². The lowest BCUT2D eigenvalue weighted by Crippen LogP contribution is -2.59. The average Bonchev–Trinajstić information content (AvgIpc) is 2.67. The van der Waals surface area contributed by atoms with Crippen LogP contribution in [0.3, 0.4) is 0 Å². The van der Waals surface area contributed by atoms with E-state index in [0.29, 0.717) is 0 Å². The van der Waals surface area contributed by atoms with Crippen molar-refractivity contribution in [3.05, 3.63) is 35.9 Å². The largest absolute Gasteiger partial charge is 0.464 e. The van der Waals surface area contributed by atoms with E-state index < -0.39 is 28.7 Å². The molecule has 3 N–H and O–H groups in total. The van der Waals surface area contributed by atoms with Crippen molar-refractivity contribution in [1.29, 1.82) is 0 Å². The molecule has 8 heteroatoms. The number of hydrogen-bond donors (Lipinski definition) is 4. The number of hydrogen-bond acceptors (Lipinski definition) is 6. The zero-order valence-corrected chi connectivity index (χ0v) is 19.9. The Morgan fingerprint density at radius 3 is 2.03 bits per heavy atom. The Kier molecular flexibility index (Phi) is 11.7. The minimum Gasteiger partial charge on any atom is -0.464 e. The second kappa shape index (κ2) is 12.6. The van der Waals surface area contributed by atoms with E-state index in [0.717, 1.165) is 5.56 Å². The SMILES string of the molecule is CCOC(=O)C(C)NC(=O)C(C)(C)NC(=O)C(S)C(C)(C)C.OCc1ccccc1. The lowest BCUT2D eigenvalue weighted by Gasteiger charge is -2.31. The monoisotopic (exact) mass is 440 g/mol. The molecular weight excluding hydrogens is 404 g/mol. The summed E-state index contributed by atoms with van der Waals surface area (Å²) in [6, 6.07) is 8.74. The number of amides is 2. The molecule has 30 heavy (non-hydrogen) atoms. The van der Waals surface area contributed by atoms with Crippen molar-refractivity contribution in [3.63, 3.8) is 0 Å². The van der Waals surface area contributed by atoms with E-state index in [4.69, 9.17) is 9.84 Å². The number of aliphatic hydroxyl groups is 1. The van der Waals surface area contributed by atoms with Gasteiger partial charge < -0.3 is 20.5 Å². The van der Waals surface area contributed by atoms with Gasteiger partial charge in [-0.25, -0.2) is 4.79 Å². The number of nitrogens with one attached hydrogen (secondary N) is 2. The van der Waals surface area contributed by atoms with Gasteiger partial charge in [0, 0.05) is 0 Å². The summed E-state index contributed by atoms with van der Waals surface area (Å²) in [6.07, 6.45) is 0. The normalized spacial score (nSPS) is 13.2. The summed E-state index contributed by atoms with van der Waals surface area (Å²) < 4.78 is 4.83. The quantitative estimate of drug-likeness (QED) is 0.385. The third-order valence-electron chi connectivity index (χ3n) is 4.09. The first-order valence-corrected chi connectivity index (χ1v) is 10.4. The summed E-state index contributed by atoms with van der Waals surface area (Å²) in [7, 11) is 0. The van der Waals surface area contributed by atoms with E-state index in [1.807, 2.05) is 51.1 Å². The standard InChI is InChI=1S/C15H28N2O4S.C7H8O/c1-8-21-12(19)9(2)16-13(20)15(6,7)17-11(18)10(22)14(3,4)5;8-6-7-4-2-1-3-5-7/h9-10,22H,8H2,1-7H3,(H,16,20)(H,17,18);1-5,8H,6H2. The molecule has 0 saturated carbocycles. The van der Waals surface area contributed by atoms with E-state index in [1.54, 1.807) is 20.8 Å². The number of thiol groups is 1. The van der Waals surface area contributed by atoms with Crippen LogP contribution in [-0.4, -0.2) is 46.3 Å². The summed E-state index contributed by atoms with van der Waals surface area (Å²) in [5.41, 5.74) is -0.533. The Bertz CT molecular complexity index is 687. The van der Waals surface area contributed by atoms with Crippen molar-refractivity contribution in [1.82, 2.24) is 10.6 Å². The second-order valence-corrected chi connectivity index (χ2v) is 8.99. The molecule has 0 aliphatic heterocycles. The molecule has 170 valence electrons. The number of carbonyl (C=O) groups is 3. The third kappa shape index (κ3) is 10.1. The van der Waals surface area contributed by atoms with Gasteiger partial charge in [-0.15, -0.1) is 0 Å². The number of esters is 1. The Labute approximate surface area is 185 Å². The molecule has 0 fully saturated rings. The van der Waals surface area contributed by atoms with Crippen molar-refractivity contribution in [2.24, 2.45) is 5.41 Å². The predicted molar refractivity (Wildman–Crippen MR) is 121 cm³/mol. The van der Waals surface area contributed by atoms with Crippen LogP contribution in [0.5, 0.6) is 0 Å². The molecule has 0 bridgehead atoms. The maximum atomic E-state index is 12.2. The molecule has 2 unspecified atom stereocenters. The molecule has 2 amide bonds. The molecule has 0 aliphatic carbocycles. The van der Waals surface area contributed by atoms with Crippen LogP contribution in [0.25, 0.3) is 0 Å². The summed E-state index contributed by atoms with van der Waals surface area (Å²) >= 11 is 4.30. The van der Waals surface area contributed by atoms with Crippen LogP contribution >= 0.6 is 12.6 Å². The van der Waals surface area contributed by atoms with Gasteiger partial charge in [0.05, 0.1) is 18.5 Å². The summed E-state index contributed by atoms with van der Waals surface area (Å²) in [5, 5.41) is 13.2. The first-order chi connectivity index (χ1) is 13.8. The van der Waals surface area contributed by atoms with Crippen molar-refractivity contribution in [3.8, 4) is 0 Å². The summed E-state index contributed by atoms with van der Waals surface area (Å²) in [6.45, 7) is 12.4. The highest BCUT2D eigenvalue weighted by molar-refractivity contribution is 7.81. The number of benzene rings is 1. The van der Waals surface area contributed by atoms with E-state index >= 15 is 0 Å². The fraction of sp³-hybridized carbons (Fsp3) is 0.591. The number of ether oxygens (including phenoxy) is 1. The van der Waals surface area contributed by atoms with Crippen LogP contribution in [0, 0.1) is 5.41 Å². The van der Waals surface area contributed by atoms with Gasteiger partial charge >= 0.3 is 5.97 Å². The summed E-state index contributed by atoms with van der Waals surface area (Å²) in [4.78, 5) is 35.9. The van der Waals surface area contributed by atoms with Crippen molar-refractivity contribution in [2.75, 3.05) is 6.61 Å². The number of rotatable bonds is 7. The van der Waals surface area contributed by atoms with Crippen LogP contribution in [-0.2, 0) is 25.7 Å². The molecule has 0 aliphatic rings. The highest BCUT2D eigenvalue weighted by atomic mass is 32.1. The first kappa shape index (κ1) is 27.9. The lowest BCUT2D eigenvalue weighted by atomic mass is 9.90. The van der Waals surface area contributed by atoms with E-state index in [2.05, 4.69) is 23.3 Å². The maximum Gasteiger partial charge on any atom is 0.328 e. The number of aliphatic hydroxyl groups excluding tert-OH is 1. The molecule has 0 radical (unpaired) electrons. The van der Waals surface area contributed by atoms with Crippen molar-refractivity contribution < 1.29 is 24.2 Å². The Balaban J connectivity index is 0.000000867. The zero-order chi connectivity index (χ0) is 23.5. The Morgan fingerprint density at radius 2 is 1.63 bits per heavy atom. The molecule has 0 aromatic heterocycles. The fourth-order valence-electron chi connectivity index (χ4n) is 2.11. The molecule has 2 atom stereocenters. The maximum absolute atomic E-state index is 12.2. The molecule has 0 spiro atoms. The minimum absolute atomic E-state index is 0.140. The zero-order valence-electron chi connectivity index (χ0n) is 19.0. The molecule has 1 rings (SSSR count). The van der Waals surface area contributed by atoms with Crippen LogP contribution in [0.2, 0.25) is 0 Å². The Hall–Kier alpha value is -2.06. The fourth-order valence-corrected chi connectivity index (χ4v) is 2.18. The van der Waals surface area contributed by atoms with Gasteiger partial charge in [0.1, 0.15) is 11.6 Å². The van der Waals surface area contributed by atoms with Gasteiger partial charge in [0.2, 0.25) is 11.8 Å². The lowest BCUT2D eigenvalue weighted by molar-refractivity contribution is -0.147. The van der Waals surface area contributed by atoms with Crippen LogP contribution in [0.4, 0.5) is 0 Å². The summed E-state index contributed by atoms with van der Waals surface area (Å²) in [5.74, 6) is -1.31. The van der Waals surface area contributed by atoms with Gasteiger partial charge in [0.15, 0.2) is 0 Å². The van der Waals surface area contributed by atoms with Gasteiger partial charge in [0.25, 0.3) is 0 Å². The Morgan fingerprint density at radius 1 is 1.10 bits per heavy atom. The van der Waals surface area contributed by atoms with Gasteiger partial charge in [-0.2, -0.15) is 12.6 Å². The molecule has 1 aromatic rings. The molecule has 1 aromatic carbocycles. The molecule has 0 heterocycles. The van der Waals surface area contributed by atoms with E-state index in [9.17, 15) is 14.4 Å². The average molecular weight is 441 g/mol. The van der Waals surface area contributed by atoms with Crippen molar-refractivity contribution in [2.45, 2.75) is 71.9 Å². The van der Waals surface area contributed by atoms with Crippen LogP contribution in [0.1, 0.15) is 54.0 Å². The van der Waals surface area contributed by atoms with Crippen molar-refractivity contribution >= 4 is 30.4 Å². The third-order valence-corrected chi connectivity index (χ3v) is 5.09. The van der Waals surface area contributed by atoms with E-state index in [1.165, 1.54) is 6.92 Å². The predicted octanol–water partition coefficient (Wildman–Crippen LogP) is 2.47. The van der Waals surface area contributed by atoms with Gasteiger partial charge in [-0.1, -0.05) is 51.1 Å². The highest BCUT2D eigenvalue weighted by Gasteiger charge is 2.36. The van der Waals surface area contributed by atoms with Gasteiger partial charge in [-0.05, 0) is 38.7 Å². The van der Waals surface area contributed by atoms with Gasteiger partial charge in [-0.3, -0.25) is 9.59 Å². The molecule has 0 saturated heterocycles. The topological polar surface area (TPSA) is 105 Å². The smallest absolute Gasteiger partial charge is 0.328 e. The highest BCUT2D eigenvalue weighted by Crippen LogP contribution is 2.24.